The number of nitrogens with zero attached hydrogens (tertiary/aromatic N) is 1. The molecule has 22 heavy (non-hydrogen) atoms. The first-order valence-electron chi connectivity index (χ1n) is 7.41. The van der Waals surface area contributed by atoms with Crippen LogP contribution < -0.4 is 5.32 Å². The van der Waals surface area contributed by atoms with Crippen LogP contribution in [0, 0.1) is 5.92 Å². The summed E-state index contributed by atoms with van der Waals surface area (Å²) in [6.45, 7) is 3.62. The van der Waals surface area contributed by atoms with Crippen molar-refractivity contribution in [3.63, 3.8) is 0 Å². The van der Waals surface area contributed by atoms with Crippen LogP contribution in [0.4, 0.5) is 0 Å². The van der Waals surface area contributed by atoms with E-state index in [4.69, 9.17) is 23.2 Å². The zero-order valence-corrected chi connectivity index (χ0v) is 15.3. The first-order chi connectivity index (χ1) is 10.0. The molecular formula is C16H23Cl3N2O. The number of likely N-dealkylation sites (N-methyl/N-ethyl adjacent to an activating group) is 1. The number of hydrogen-bond donors (Lipinski definition) is 1. The zero-order valence-electron chi connectivity index (χ0n) is 12.9. The maximum atomic E-state index is 12.6. The summed E-state index contributed by atoms with van der Waals surface area (Å²) in [5, 5.41) is 4.52. The van der Waals surface area contributed by atoms with Gasteiger partial charge in [0.1, 0.15) is 0 Å². The van der Waals surface area contributed by atoms with E-state index in [-0.39, 0.29) is 24.2 Å². The summed E-state index contributed by atoms with van der Waals surface area (Å²) in [4.78, 5) is 14.5. The van der Waals surface area contributed by atoms with Crippen molar-refractivity contribution in [1.82, 2.24) is 10.2 Å². The average molecular weight is 366 g/mol. The fraction of sp³-hybridized carbons (Fsp3) is 0.562. The van der Waals surface area contributed by atoms with Gasteiger partial charge in [0.2, 0.25) is 5.91 Å². The Hall–Kier alpha value is -0.480. The molecule has 1 heterocycles. The number of carbonyl (C=O) groups excluding carboxylic acids is 1. The molecule has 1 fully saturated rings. The molecule has 1 aromatic rings. The summed E-state index contributed by atoms with van der Waals surface area (Å²) in [6.07, 6.45) is 2.85. The number of halogens is 3. The topological polar surface area (TPSA) is 32.3 Å². The molecule has 0 saturated carbocycles. The molecule has 0 aliphatic carbocycles. The second-order valence-electron chi connectivity index (χ2n) is 5.75. The molecule has 0 spiro atoms. The van der Waals surface area contributed by atoms with Gasteiger partial charge in [0, 0.05) is 35.1 Å². The highest BCUT2D eigenvalue weighted by Gasteiger charge is 2.26. The summed E-state index contributed by atoms with van der Waals surface area (Å²) >= 11 is 12.1. The Morgan fingerprint density at radius 1 is 1.45 bits per heavy atom. The summed E-state index contributed by atoms with van der Waals surface area (Å²) in [5.74, 6) is 0.139. The van der Waals surface area contributed by atoms with Crippen LogP contribution in [0.5, 0.6) is 0 Å². The number of piperidine rings is 1. The molecule has 124 valence electrons. The molecule has 0 radical (unpaired) electrons. The van der Waals surface area contributed by atoms with E-state index >= 15 is 0 Å². The standard InChI is InChI=1S/C16H22Cl2N2O.ClH/c1-11(8-12-5-6-13(17)9-15(12)18)16(21)20-7-3-4-14(10-20)19-2;/h5-6,9,11,14,19H,3-4,7-8,10H2,1-2H3;1H. The van der Waals surface area contributed by atoms with Gasteiger partial charge in [-0.2, -0.15) is 0 Å². The molecule has 1 aliphatic rings. The summed E-state index contributed by atoms with van der Waals surface area (Å²) < 4.78 is 0. The maximum Gasteiger partial charge on any atom is 0.225 e. The van der Waals surface area contributed by atoms with Crippen molar-refractivity contribution in [3.05, 3.63) is 33.8 Å². The number of nitrogens with one attached hydrogen (secondary N) is 1. The monoisotopic (exact) mass is 364 g/mol. The number of carbonyl (C=O) groups is 1. The Morgan fingerprint density at radius 2 is 2.18 bits per heavy atom. The smallest absolute Gasteiger partial charge is 0.225 e. The van der Waals surface area contributed by atoms with Crippen molar-refractivity contribution in [3.8, 4) is 0 Å². The van der Waals surface area contributed by atoms with Gasteiger partial charge in [-0.3, -0.25) is 4.79 Å². The normalized spacial score (nSPS) is 19.5. The van der Waals surface area contributed by atoms with Crippen LogP contribution in [0.25, 0.3) is 0 Å². The van der Waals surface area contributed by atoms with E-state index in [0.717, 1.165) is 31.5 Å². The van der Waals surface area contributed by atoms with Crippen LogP contribution >= 0.6 is 35.6 Å². The predicted molar refractivity (Wildman–Crippen MR) is 95.2 cm³/mol. The summed E-state index contributed by atoms with van der Waals surface area (Å²) in [6, 6.07) is 5.86. The molecule has 6 heteroatoms. The van der Waals surface area contributed by atoms with Gasteiger partial charge in [0.05, 0.1) is 0 Å². The summed E-state index contributed by atoms with van der Waals surface area (Å²) in [7, 11) is 1.95. The van der Waals surface area contributed by atoms with Crippen LogP contribution in [0.2, 0.25) is 10.0 Å². The van der Waals surface area contributed by atoms with Gasteiger partial charge in [-0.05, 0) is 44.0 Å². The SMILES string of the molecule is CNC1CCCN(C(=O)C(C)Cc2ccc(Cl)cc2Cl)C1.Cl. The molecule has 3 nitrogen and oxygen atoms in total. The Balaban J connectivity index is 0.00000242. The molecule has 1 aliphatic heterocycles. The Labute approximate surface area is 148 Å². The number of hydrogen-bond acceptors (Lipinski definition) is 2. The van der Waals surface area contributed by atoms with E-state index in [9.17, 15) is 4.79 Å². The van der Waals surface area contributed by atoms with Crippen molar-refractivity contribution in [1.29, 1.82) is 0 Å². The van der Waals surface area contributed by atoms with Crippen LogP contribution in [0.15, 0.2) is 18.2 Å². The third-order valence-corrected chi connectivity index (χ3v) is 4.69. The van der Waals surface area contributed by atoms with Gasteiger partial charge in [-0.1, -0.05) is 36.2 Å². The van der Waals surface area contributed by atoms with E-state index in [2.05, 4.69) is 5.32 Å². The first kappa shape index (κ1) is 19.6. The van der Waals surface area contributed by atoms with E-state index in [1.54, 1.807) is 6.07 Å². The largest absolute Gasteiger partial charge is 0.341 e. The predicted octanol–water partition coefficient (Wildman–Crippen LogP) is 3.80. The van der Waals surface area contributed by atoms with Gasteiger partial charge in [0.25, 0.3) is 0 Å². The minimum atomic E-state index is -0.0701. The van der Waals surface area contributed by atoms with E-state index in [1.807, 2.05) is 31.0 Å². The third kappa shape index (κ3) is 5.02. The molecular weight excluding hydrogens is 343 g/mol. The van der Waals surface area contributed by atoms with Crippen LogP contribution in [0.1, 0.15) is 25.3 Å². The Bertz CT molecular complexity index is 510. The average Bonchev–Trinajstić information content (AvgIpc) is 2.49. The highest BCUT2D eigenvalue weighted by molar-refractivity contribution is 6.35. The van der Waals surface area contributed by atoms with Crippen LogP contribution in [-0.2, 0) is 11.2 Å². The number of rotatable bonds is 4. The lowest BCUT2D eigenvalue weighted by molar-refractivity contribution is -0.136. The summed E-state index contributed by atoms with van der Waals surface area (Å²) in [5.41, 5.74) is 0.976. The Kier molecular flexibility index (Phi) is 7.98. The lowest BCUT2D eigenvalue weighted by Crippen LogP contribution is -2.48. The van der Waals surface area contributed by atoms with E-state index in [1.165, 1.54) is 0 Å². The fourth-order valence-corrected chi connectivity index (χ4v) is 3.31. The van der Waals surface area contributed by atoms with Gasteiger partial charge < -0.3 is 10.2 Å². The first-order valence-corrected chi connectivity index (χ1v) is 8.17. The number of amides is 1. The number of likely N-dealkylation sites (tertiary alicyclic amines) is 1. The molecule has 1 aromatic carbocycles. The third-order valence-electron chi connectivity index (χ3n) is 4.10. The van der Waals surface area contributed by atoms with Gasteiger partial charge in [0.15, 0.2) is 0 Å². The maximum absolute atomic E-state index is 12.6. The molecule has 1 N–H and O–H groups in total. The molecule has 0 aromatic heterocycles. The van der Waals surface area contributed by atoms with Crippen molar-refractivity contribution >= 4 is 41.5 Å². The highest BCUT2D eigenvalue weighted by atomic mass is 35.5. The van der Waals surface area contributed by atoms with Crippen molar-refractivity contribution in [2.24, 2.45) is 5.92 Å². The number of benzene rings is 1. The zero-order chi connectivity index (χ0) is 15.4. The van der Waals surface area contributed by atoms with Crippen LogP contribution in [0.3, 0.4) is 0 Å². The second kappa shape index (κ2) is 8.97. The lowest BCUT2D eigenvalue weighted by Gasteiger charge is -2.34. The molecule has 1 saturated heterocycles. The second-order valence-corrected chi connectivity index (χ2v) is 6.60. The molecule has 1 amide bonds. The highest BCUT2D eigenvalue weighted by Crippen LogP contribution is 2.24. The van der Waals surface area contributed by atoms with Crippen molar-refractivity contribution < 1.29 is 4.79 Å². The van der Waals surface area contributed by atoms with E-state index in [0.29, 0.717) is 22.5 Å². The minimum absolute atomic E-state index is 0. The Morgan fingerprint density at radius 3 is 2.82 bits per heavy atom. The molecule has 2 atom stereocenters. The molecule has 2 rings (SSSR count). The lowest BCUT2D eigenvalue weighted by atomic mass is 9.97. The minimum Gasteiger partial charge on any atom is -0.341 e. The van der Waals surface area contributed by atoms with Crippen molar-refractivity contribution in [2.45, 2.75) is 32.2 Å². The van der Waals surface area contributed by atoms with Crippen LogP contribution in [-0.4, -0.2) is 37.0 Å². The van der Waals surface area contributed by atoms with E-state index < -0.39 is 0 Å². The fourth-order valence-electron chi connectivity index (χ4n) is 2.83. The quantitative estimate of drug-likeness (QED) is 0.880. The molecule has 2 unspecified atom stereocenters. The van der Waals surface area contributed by atoms with Crippen molar-refractivity contribution in [2.75, 3.05) is 20.1 Å². The van der Waals surface area contributed by atoms with Gasteiger partial charge in [-0.15, -0.1) is 12.4 Å². The van der Waals surface area contributed by atoms with Gasteiger partial charge in [-0.25, -0.2) is 0 Å². The van der Waals surface area contributed by atoms with Gasteiger partial charge >= 0.3 is 0 Å². The molecule has 0 bridgehead atoms.